The molecule has 0 spiro atoms. The lowest BCUT2D eigenvalue weighted by atomic mass is 9.95. The van der Waals surface area contributed by atoms with E-state index in [4.69, 9.17) is 0 Å². The van der Waals surface area contributed by atoms with Crippen molar-refractivity contribution >= 4 is 5.95 Å². The minimum Gasteiger partial charge on any atom is -0.356 e. The first-order chi connectivity index (χ1) is 8.92. The zero-order chi connectivity index (χ0) is 12.6. The molecule has 1 N–H and O–H groups in total. The van der Waals surface area contributed by atoms with E-state index in [1.165, 1.54) is 57.8 Å². The van der Waals surface area contributed by atoms with Crippen molar-refractivity contribution in [2.24, 2.45) is 0 Å². The van der Waals surface area contributed by atoms with E-state index in [9.17, 15) is 0 Å². The van der Waals surface area contributed by atoms with Gasteiger partial charge in [0.05, 0.1) is 0 Å². The van der Waals surface area contributed by atoms with Gasteiger partial charge in [-0.2, -0.15) is 0 Å². The fourth-order valence-electron chi connectivity index (χ4n) is 2.86. The van der Waals surface area contributed by atoms with Gasteiger partial charge in [-0.15, -0.1) is 0 Å². The average Bonchev–Trinajstić information content (AvgIpc) is 2.88. The Morgan fingerprint density at radius 2 is 2.06 bits per heavy atom. The minimum absolute atomic E-state index is 0.680. The number of rotatable bonds is 7. The van der Waals surface area contributed by atoms with Crippen molar-refractivity contribution in [2.75, 3.05) is 11.9 Å². The standard InChI is InChI=1S/C15H27N3/c1-2-3-4-8-11-16-15-17-12-13-18(15)14-9-6-5-7-10-14/h12-14H,2-11H2,1H3,(H,16,17). The highest BCUT2D eigenvalue weighted by Crippen LogP contribution is 2.30. The summed E-state index contributed by atoms with van der Waals surface area (Å²) in [5.41, 5.74) is 0. The molecule has 1 aromatic rings. The van der Waals surface area contributed by atoms with Crippen LogP contribution in [0, 0.1) is 0 Å². The number of nitrogens with zero attached hydrogens (tertiary/aromatic N) is 2. The molecule has 0 atom stereocenters. The smallest absolute Gasteiger partial charge is 0.203 e. The van der Waals surface area contributed by atoms with E-state index in [2.05, 4.69) is 28.0 Å². The lowest BCUT2D eigenvalue weighted by Gasteiger charge is -2.24. The third-order valence-electron chi connectivity index (χ3n) is 3.95. The number of hydrogen-bond donors (Lipinski definition) is 1. The summed E-state index contributed by atoms with van der Waals surface area (Å²) in [6.45, 7) is 3.31. The summed E-state index contributed by atoms with van der Waals surface area (Å²) in [7, 11) is 0. The second-order valence-corrected chi connectivity index (χ2v) is 5.44. The van der Waals surface area contributed by atoms with Crippen molar-refractivity contribution < 1.29 is 0 Å². The van der Waals surface area contributed by atoms with E-state index in [0.717, 1.165) is 12.5 Å². The topological polar surface area (TPSA) is 29.9 Å². The molecule has 1 aromatic heterocycles. The molecule has 1 saturated carbocycles. The second-order valence-electron chi connectivity index (χ2n) is 5.44. The molecule has 3 nitrogen and oxygen atoms in total. The molecule has 102 valence electrons. The monoisotopic (exact) mass is 249 g/mol. The Kier molecular flexibility index (Phi) is 5.56. The lowest BCUT2D eigenvalue weighted by molar-refractivity contribution is 0.356. The molecule has 2 rings (SSSR count). The van der Waals surface area contributed by atoms with Gasteiger partial charge >= 0.3 is 0 Å². The SMILES string of the molecule is CCCCCCNc1nccn1C1CCCCC1. The van der Waals surface area contributed by atoms with Crippen LogP contribution in [-0.4, -0.2) is 16.1 Å². The second kappa shape index (κ2) is 7.45. The molecule has 0 amide bonds. The Labute approximate surface area is 111 Å². The molecule has 0 aliphatic heterocycles. The van der Waals surface area contributed by atoms with Crippen LogP contribution in [0.1, 0.15) is 70.8 Å². The van der Waals surface area contributed by atoms with Gasteiger partial charge < -0.3 is 9.88 Å². The van der Waals surface area contributed by atoms with Gasteiger partial charge in [-0.25, -0.2) is 4.98 Å². The Balaban J connectivity index is 1.79. The number of unbranched alkanes of at least 4 members (excludes halogenated alkanes) is 3. The maximum absolute atomic E-state index is 4.46. The first-order valence-electron chi connectivity index (χ1n) is 7.68. The molecule has 1 aliphatic rings. The summed E-state index contributed by atoms with van der Waals surface area (Å²) >= 11 is 0. The lowest BCUT2D eigenvalue weighted by Crippen LogP contribution is -2.16. The summed E-state index contributed by atoms with van der Waals surface area (Å²) in [4.78, 5) is 4.46. The molecule has 1 fully saturated rings. The van der Waals surface area contributed by atoms with Crippen LogP contribution in [0.25, 0.3) is 0 Å². The Morgan fingerprint density at radius 1 is 1.22 bits per heavy atom. The third-order valence-corrected chi connectivity index (χ3v) is 3.95. The number of hydrogen-bond acceptors (Lipinski definition) is 2. The van der Waals surface area contributed by atoms with Gasteiger partial charge in [-0.3, -0.25) is 0 Å². The van der Waals surface area contributed by atoms with Crippen molar-refractivity contribution in [2.45, 2.75) is 70.8 Å². The highest BCUT2D eigenvalue weighted by molar-refractivity contribution is 5.26. The van der Waals surface area contributed by atoms with Gasteiger partial charge in [-0.1, -0.05) is 45.4 Å². The van der Waals surface area contributed by atoms with Gasteiger partial charge in [0.25, 0.3) is 0 Å². The maximum atomic E-state index is 4.46. The van der Waals surface area contributed by atoms with Gasteiger partial charge in [0, 0.05) is 25.0 Å². The van der Waals surface area contributed by atoms with Gasteiger partial charge in [0.2, 0.25) is 5.95 Å². The van der Waals surface area contributed by atoms with E-state index in [-0.39, 0.29) is 0 Å². The minimum atomic E-state index is 0.680. The van der Waals surface area contributed by atoms with E-state index < -0.39 is 0 Å². The van der Waals surface area contributed by atoms with Crippen molar-refractivity contribution in [3.8, 4) is 0 Å². The van der Waals surface area contributed by atoms with Crippen molar-refractivity contribution in [3.05, 3.63) is 12.4 Å². The summed E-state index contributed by atoms with van der Waals surface area (Å²) in [5.74, 6) is 1.08. The average molecular weight is 249 g/mol. The van der Waals surface area contributed by atoms with E-state index in [1.807, 2.05) is 6.20 Å². The van der Waals surface area contributed by atoms with Crippen LogP contribution in [0.4, 0.5) is 5.95 Å². The fourth-order valence-corrected chi connectivity index (χ4v) is 2.86. The summed E-state index contributed by atoms with van der Waals surface area (Å²) in [6.07, 6.45) is 16.1. The number of nitrogens with one attached hydrogen (secondary N) is 1. The maximum Gasteiger partial charge on any atom is 0.203 e. The summed E-state index contributed by atoms with van der Waals surface area (Å²) < 4.78 is 2.36. The molecule has 0 saturated heterocycles. The zero-order valence-electron chi connectivity index (χ0n) is 11.7. The molecule has 0 aromatic carbocycles. The molecule has 0 bridgehead atoms. The van der Waals surface area contributed by atoms with Crippen LogP contribution in [0.15, 0.2) is 12.4 Å². The molecular weight excluding hydrogens is 222 g/mol. The molecule has 1 heterocycles. The highest BCUT2D eigenvalue weighted by Gasteiger charge is 2.17. The van der Waals surface area contributed by atoms with Crippen LogP contribution in [0.5, 0.6) is 0 Å². The van der Waals surface area contributed by atoms with Crippen molar-refractivity contribution in [1.29, 1.82) is 0 Å². The Morgan fingerprint density at radius 3 is 2.83 bits per heavy atom. The number of anilines is 1. The normalized spacial score (nSPS) is 16.9. The predicted octanol–water partition coefficient (Wildman–Crippen LogP) is 4.38. The van der Waals surface area contributed by atoms with Crippen molar-refractivity contribution in [3.63, 3.8) is 0 Å². The van der Waals surface area contributed by atoms with Crippen LogP contribution >= 0.6 is 0 Å². The zero-order valence-corrected chi connectivity index (χ0v) is 11.7. The van der Waals surface area contributed by atoms with Gasteiger partial charge in [-0.05, 0) is 19.3 Å². The quantitative estimate of drug-likeness (QED) is 0.727. The van der Waals surface area contributed by atoms with Crippen LogP contribution in [0.2, 0.25) is 0 Å². The molecular formula is C15H27N3. The molecule has 1 aliphatic carbocycles. The third kappa shape index (κ3) is 3.76. The van der Waals surface area contributed by atoms with Gasteiger partial charge in [0.15, 0.2) is 0 Å². The Hall–Kier alpha value is -0.990. The number of imidazole rings is 1. The van der Waals surface area contributed by atoms with E-state index >= 15 is 0 Å². The van der Waals surface area contributed by atoms with Crippen molar-refractivity contribution in [1.82, 2.24) is 9.55 Å². The summed E-state index contributed by atoms with van der Waals surface area (Å²) in [6, 6.07) is 0.680. The van der Waals surface area contributed by atoms with Crippen LogP contribution < -0.4 is 5.32 Å². The largest absolute Gasteiger partial charge is 0.356 e. The molecule has 0 unspecified atom stereocenters. The van der Waals surface area contributed by atoms with Gasteiger partial charge in [0.1, 0.15) is 0 Å². The first kappa shape index (κ1) is 13.4. The van der Waals surface area contributed by atoms with E-state index in [0.29, 0.717) is 6.04 Å². The Bertz CT molecular complexity index is 326. The first-order valence-corrected chi connectivity index (χ1v) is 7.68. The highest BCUT2D eigenvalue weighted by atomic mass is 15.2. The molecule has 0 radical (unpaired) electrons. The fraction of sp³-hybridized carbons (Fsp3) is 0.800. The predicted molar refractivity (Wildman–Crippen MR) is 77.0 cm³/mol. The molecule has 18 heavy (non-hydrogen) atoms. The molecule has 3 heteroatoms. The number of aromatic nitrogens is 2. The van der Waals surface area contributed by atoms with Crippen LogP contribution in [-0.2, 0) is 0 Å². The summed E-state index contributed by atoms with van der Waals surface area (Å²) in [5, 5.41) is 3.50. The van der Waals surface area contributed by atoms with Crippen LogP contribution in [0.3, 0.4) is 0 Å². The van der Waals surface area contributed by atoms with E-state index in [1.54, 1.807) is 0 Å².